The van der Waals surface area contributed by atoms with Crippen molar-refractivity contribution < 1.29 is 5.11 Å². The summed E-state index contributed by atoms with van der Waals surface area (Å²) >= 11 is 8.18. The maximum Gasteiger partial charge on any atom is 0.103 e. The molecular formula is C17H24OS4. The minimum Gasteiger partial charge on any atom is -0.386 e. The third kappa shape index (κ3) is 3.97. The van der Waals surface area contributed by atoms with Crippen molar-refractivity contribution in [3.05, 3.63) is 35.9 Å². The molecule has 1 atom stereocenters. The minimum atomic E-state index is -0.385. The average Bonchev–Trinajstić information content (AvgIpc) is 2.56. The number of aliphatic hydroxyl groups is 1. The molecule has 2 fully saturated rings. The zero-order valence-corrected chi connectivity index (χ0v) is 16.3. The van der Waals surface area contributed by atoms with Gasteiger partial charge in [-0.3, -0.25) is 0 Å². The van der Waals surface area contributed by atoms with E-state index in [0.29, 0.717) is 0 Å². The third-order valence-electron chi connectivity index (χ3n) is 4.18. The van der Waals surface area contributed by atoms with Crippen molar-refractivity contribution in [2.45, 2.75) is 40.4 Å². The van der Waals surface area contributed by atoms with E-state index >= 15 is 0 Å². The molecule has 2 aliphatic heterocycles. The van der Waals surface area contributed by atoms with Crippen LogP contribution in [-0.2, 0) is 0 Å². The van der Waals surface area contributed by atoms with Crippen LogP contribution in [0.15, 0.2) is 30.3 Å². The summed E-state index contributed by atoms with van der Waals surface area (Å²) in [7, 11) is 0. The first-order valence-electron chi connectivity index (χ1n) is 7.92. The fraction of sp³-hybridized carbons (Fsp3) is 0.647. The summed E-state index contributed by atoms with van der Waals surface area (Å²) in [6.45, 7) is 2.39. The summed E-state index contributed by atoms with van der Waals surface area (Å²) in [4.78, 5) is 0. The van der Waals surface area contributed by atoms with Crippen molar-refractivity contribution in [3.8, 4) is 0 Å². The normalized spacial score (nSPS) is 25.5. The molecule has 1 aromatic rings. The molecule has 0 saturated carbocycles. The second-order valence-electron chi connectivity index (χ2n) is 6.04. The van der Waals surface area contributed by atoms with Crippen LogP contribution in [0.3, 0.4) is 0 Å². The molecule has 0 spiro atoms. The lowest BCUT2D eigenvalue weighted by molar-refractivity contribution is 0.158. The predicted octanol–water partition coefficient (Wildman–Crippen LogP) is 5.26. The zero-order chi connectivity index (χ0) is 15.5. The Labute approximate surface area is 151 Å². The van der Waals surface area contributed by atoms with Crippen molar-refractivity contribution in [2.75, 3.05) is 23.0 Å². The fourth-order valence-corrected chi connectivity index (χ4v) is 10.2. The topological polar surface area (TPSA) is 20.2 Å². The average molecular weight is 373 g/mol. The van der Waals surface area contributed by atoms with Gasteiger partial charge in [0.05, 0.1) is 8.16 Å². The standard InChI is InChI=1S/C17H24OS4/c1-16(19-9-5-10-20-16)13-17(21-11-6-12-22-17)15(18)14-7-3-2-4-8-14/h2-4,7-8,15,18H,5-6,9-13H2,1H3. The molecule has 122 valence electrons. The molecule has 2 aliphatic rings. The number of rotatable bonds is 4. The molecule has 3 rings (SSSR count). The molecule has 1 N–H and O–H groups in total. The summed E-state index contributed by atoms with van der Waals surface area (Å²) in [5, 5.41) is 11.2. The summed E-state index contributed by atoms with van der Waals surface area (Å²) in [6, 6.07) is 10.3. The van der Waals surface area contributed by atoms with Crippen LogP contribution in [0.4, 0.5) is 0 Å². The van der Waals surface area contributed by atoms with E-state index in [1.165, 1.54) is 35.9 Å². The molecule has 0 amide bonds. The molecule has 0 bridgehead atoms. The Kier molecular flexibility index (Phi) is 6.05. The van der Waals surface area contributed by atoms with Gasteiger partial charge in [0.2, 0.25) is 0 Å². The van der Waals surface area contributed by atoms with Gasteiger partial charge in [-0.25, -0.2) is 0 Å². The number of hydrogen-bond acceptors (Lipinski definition) is 5. The highest BCUT2D eigenvalue weighted by molar-refractivity contribution is 8.20. The highest BCUT2D eigenvalue weighted by Gasteiger charge is 2.47. The summed E-state index contributed by atoms with van der Waals surface area (Å²) in [5.74, 6) is 4.86. The molecule has 0 aromatic heterocycles. The van der Waals surface area contributed by atoms with Crippen LogP contribution >= 0.6 is 47.0 Å². The van der Waals surface area contributed by atoms with Gasteiger partial charge >= 0.3 is 0 Å². The second kappa shape index (κ2) is 7.64. The second-order valence-corrected chi connectivity index (χ2v) is 12.6. The van der Waals surface area contributed by atoms with Gasteiger partial charge in [-0.2, -0.15) is 0 Å². The van der Waals surface area contributed by atoms with Crippen LogP contribution < -0.4 is 0 Å². The molecule has 5 heteroatoms. The lowest BCUT2D eigenvalue weighted by atomic mass is 10.0. The van der Waals surface area contributed by atoms with Crippen LogP contribution in [0.25, 0.3) is 0 Å². The van der Waals surface area contributed by atoms with E-state index in [2.05, 4.69) is 42.6 Å². The smallest absolute Gasteiger partial charge is 0.103 e. The van der Waals surface area contributed by atoms with Crippen molar-refractivity contribution in [1.82, 2.24) is 0 Å². The maximum atomic E-state index is 11.2. The summed E-state index contributed by atoms with van der Waals surface area (Å²) in [5.41, 5.74) is 1.07. The third-order valence-corrected chi connectivity index (χ3v) is 10.8. The molecule has 1 nitrogen and oxygen atoms in total. The maximum absolute atomic E-state index is 11.2. The first kappa shape index (κ1) is 17.4. The number of thioether (sulfide) groups is 4. The van der Waals surface area contributed by atoms with E-state index in [9.17, 15) is 5.11 Å². The van der Waals surface area contributed by atoms with Gasteiger partial charge in [-0.15, -0.1) is 47.0 Å². The van der Waals surface area contributed by atoms with E-state index < -0.39 is 0 Å². The Morgan fingerprint density at radius 1 is 0.955 bits per heavy atom. The molecule has 0 radical (unpaired) electrons. The Balaban J connectivity index is 1.84. The van der Waals surface area contributed by atoms with E-state index in [-0.39, 0.29) is 14.3 Å². The van der Waals surface area contributed by atoms with E-state index in [1.54, 1.807) is 0 Å². The lowest BCUT2D eigenvalue weighted by Gasteiger charge is -2.46. The largest absolute Gasteiger partial charge is 0.386 e. The van der Waals surface area contributed by atoms with Crippen molar-refractivity contribution in [2.24, 2.45) is 0 Å². The molecule has 22 heavy (non-hydrogen) atoms. The molecule has 1 aromatic carbocycles. The Morgan fingerprint density at radius 3 is 2.09 bits per heavy atom. The van der Waals surface area contributed by atoms with Crippen molar-refractivity contribution in [3.63, 3.8) is 0 Å². The highest BCUT2D eigenvalue weighted by atomic mass is 32.2. The first-order chi connectivity index (χ1) is 10.6. The van der Waals surface area contributed by atoms with Gasteiger partial charge in [-0.1, -0.05) is 30.3 Å². The number of benzene rings is 1. The Morgan fingerprint density at radius 2 is 1.50 bits per heavy atom. The SMILES string of the molecule is CC1(CC2(C(O)c3ccccc3)SCCCS2)SCCCS1. The van der Waals surface area contributed by atoms with Gasteiger partial charge in [-0.05, 0) is 54.8 Å². The van der Waals surface area contributed by atoms with Gasteiger partial charge in [0, 0.05) is 0 Å². The molecular weight excluding hydrogens is 348 g/mol. The number of aliphatic hydroxyl groups excluding tert-OH is 1. The first-order valence-corrected chi connectivity index (χ1v) is 11.9. The minimum absolute atomic E-state index is 0.0916. The lowest BCUT2D eigenvalue weighted by Crippen LogP contribution is -2.39. The molecule has 0 aliphatic carbocycles. The van der Waals surface area contributed by atoms with Gasteiger partial charge in [0.25, 0.3) is 0 Å². The molecule has 1 unspecified atom stereocenters. The predicted molar refractivity (Wildman–Crippen MR) is 106 cm³/mol. The van der Waals surface area contributed by atoms with Crippen molar-refractivity contribution in [1.29, 1.82) is 0 Å². The highest BCUT2D eigenvalue weighted by Crippen LogP contribution is 2.59. The Bertz CT molecular complexity index is 467. The van der Waals surface area contributed by atoms with E-state index in [0.717, 1.165) is 12.0 Å². The zero-order valence-electron chi connectivity index (χ0n) is 13.0. The van der Waals surface area contributed by atoms with Crippen LogP contribution in [0.1, 0.15) is 37.9 Å². The summed E-state index contributed by atoms with van der Waals surface area (Å²) < 4.78 is 0.150. The monoisotopic (exact) mass is 372 g/mol. The quantitative estimate of drug-likeness (QED) is 0.775. The van der Waals surface area contributed by atoms with E-state index in [4.69, 9.17) is 0 Å². The van der Waals surface area contributed by atoms with Crippen LogP contribution in [0, 0.1) is 0 Å². The number of hydrogen-bond donors (Lipinski definition) is 1. The Hall–Kier alpha value is 0.580. The van der Waals surface area contributed by atoms with Crippen LogP contribution in [0.2, 0.25) is 0 Å². The summed E-state index contributed by atoms with van der Waals surface area (Å²) in [6.07, 6.45) is 3.26. The van der Waals surface area contributed by atoms with Crippen LogP contribution in [-0.4, -0.2) is 36.3 Å². The van der Waals surface area contributed by atoms with Gasteiger partial charge < -0.3 is 5.11 Å². The van der Waals surface area contributed by atoms with Gasteiger partial charge in [0.1, 0.15) is 6.10 Å². The van der Waals surface area contributed by atoms with Crippen molar-refractivity contribution >= 4 is 47.0 Å². The molecule has 2 heterocycles. The van der Waals surface area contributed by atoms with Gasteiger partial charge in [0.15, 0.2) is 0 Å². The molecule has 2 saturated heterocycles. The van der Waals surface area contributed by atoms with E-state index in [1.807, 2.05) is 41.7 Å². The fourth-order valence-electron chi connectivity index (χ4n) is 3.06. The van der Waals surface area contributed by atoms with Crippen LogP contribution in [0.5, 0.6) is 0 Å².